The van der Waals surface area contributed by atoms with Gasteiger partial charge in [-0.1, -0.05) is 35.9 Å². The second-order valence-corrected chi connectivity index (χ2v) is 8.75. The lowest BCUT2D eigenvalue weighted by atomic mass is 9.99. The molecule has 34 heavy (non-hydrogen) atoms. The van der Waals surface area contributed by atoms with E-state index in [1.165, 1.54) is 0 Å². The van der Waals surface area contributed by atoms with Gasteiger partial charge >= 0.3 is 0 Å². The normalized spacial score (nSPS) is 14.1. The van der Waals surface area contributed by atoms with Gasteiger partial charge in [-0.25, -0.2) is 4.98 Å². The first-order chi connectivity index (χ1) is 16.5. The summed E-state index contributed by atoms with van der Waals surface area (Å²) in [6.07, 6.45) is 2.37. The molecule has 2 N–H and O–H groups in total. The van der Waals surface area contributed by atoms with Crippen molar-refractivity contribution in [3.8, 4) is 11.5 Å². The molecule has 0 saturated carbocycles. The number of carbonyl (C=O) groups excluding carboxylic acids is 2. The number of halogens is 1. The van der Waals surface area contributed by atoms with Crippen LogP contribution in [0.25, 0.3) is 11.5 Å². The Morgan fingerprint density at radius 1 is 1.12 bits per heavy atom. The molecule has 178 valence electrons. The third-order valence-corrected chi connectivity index (χ3v) is 6.26. The number of nitrogens with zero attached hydrogens (tertiary/aromatic N) is 1. The zero-order valence-corrected chi connectivity index (χ0v) is 19.9. The van der Waals surface area contributed by atoms with Crippen LogP contribution >= 0.6 is 11.6 Å². The number of hydrogen-bond acceptors (Lipinski definition) is 5. The van der Waals surface area contributed by atoms with Crippen molar-refractivity contribution in [3.63, 3.8) is 0 Å². The van der Waals surface area contributed by atoms with Crippen molar-refractivity contribution >= 4 is 29.1 Å². The van der Waals surface area contributed by atoms with E-state index < -0.39 is 0 Å². The summed E-state index contributed by atoms with van der Waals surface area (Å²) in [4.78, 5) is 29.4. The van der Waals surface area contributed by atoms with E-state index in [1.54, 1.807) is 0 Å². The quantitative estimate of drug-likeness (QED) is 0.476. The molecule has 0 atom stereocenters. The number of amides is 2. The first-order valence-electron chi connectivity index (χ1n) is 11.4. The number of hydrogen-bond donors (Lipinski definition) is 2. The Morgan fingerprint density at radius 3 is 2.71 bits per heavy atom. The van der Waals surface area contributed by atoms with E-state index in [-0.39, 0.29) is 24.3 Å². The van der Waals surface area contributed by atoms with Gasteiger partial charge in [-0.3, -0.25) is 9.59 Å². The van der Waals surface area contributed by atoms with E-state index >= 15 is 0 Å². The van der Waals surface area contributed by atoms with Crippen LogP contribution in [0.15, 0.2) is 52.9 Å². The van der Waals surface area contributed by atoms with Crippen LogP contribution in [0.2, 0.25) is 5.02 Å². The van der Waals surface area contributed by atoms with E-state index in [9.17, 15) is 9.59 Å². The minimum absolute atomic E-state index is 0.00391. The highest BCUT2D eigenvalue weighted by Gasteiger charge is 2.22. The maximum absolute atomic E-state index is 12.5. The largest absolute Gasteiger partial charge is 0.441 e. The number of aromatic nitrogens is 1. The molecule has 0 bridgehead atoms. The van der Waals surface area contributed by atoms with Gasteiger partial charge in [-0.05, 0) is 56.0 Å². The monoisotopic (exact) mass is 481 g/mol. The molecule has 1 aliphatic rings. The summed E-state index contributed by atoms with van der Waals surface area (Å²) in [6.45, 7) is 3.33. The SMILES string of the molecule is Cc1oc(-c2cccc(NC(=O)C3CCOCC3)c2)nc1CNC(=O)CCc1ccccc1Cl. The van der Waals surface area contributed by atoms with E-state index in [0.29, 0.717) is 54.1 Å². The van der Waals surface area contributed by atoms with Crippen molar-refractivity contribution in [1.82, 2.24) is 10.3 Å². The second kappa shape index (κ2) is 11.3. The molecule has 2 heterocycles. The van der Waals surface area contributed by atoms with E-state index in [1.807, 2.05) is 55.5 Å². The molecule has 1 saturated heterocycles. The van der Waals surface area contributed by atoms with E-state index in [0.717, 1.165) is 24.0 Å². The Balaban J connectivity index is 1.34. The van der Waals surface area contributed by atoms with E-state index in [2.05, 4.69) is 15.6 Å². The second-order valence-electron chi connectivity index (χ2n) is 8.35. The predicted molar refractivity (Wildman–Crippen MR) is 130 cm³/mol. The summed E-state index contributed by atoms with van der Waals surface area (Å²) in [5.74, 6) is 0.971. The van der Waals surface area contributed by atoms with Gasteiger partial charge in [0.1, 0.15) is 11.5 Å². The van der Waals surface area contributed by atoms with Crippen LogP contribution in [0.5, 0.6) is 0 Å². The van der Waals surface area contributed by atoms with Crippen LogP contribution < -0.4 is 10.6 Å². The lowest BCUT2D eigenvalue weighted by Crippen LogP contribution is -2.28. The summed E-state index contributed by atoms with van der Waals surface area (Å²) in [7, 11) is 0. The van der Waals surface area contributed by atoms with Gasteiger partial charge in [0.15, 0.2) is 0 Å². The summed E-state index contributed by atoms with van der Waals surface area (Å²) >= 11 is 6.16. The Labute approximate surface area is 203 Å². The summed E-state index contributed by atoms with van der Waals surface area (Å²) < 4.78 is 11.2. The van der Waals surface area contributed by atoms with Gasteiger partial charge in [-0.2, -0.15) is 0 Å². The topological polar surface area (TPSA) is 93.5 Å². The summed E-state index contributed by atoms with van der Waals surface area (Å²) in [6, 6.07) is 14.9. The molecule has 7 nitrogen and oxygen atoms in total. The fourth-order valence-corrected chi connectivity index (χ4v) is 4.10. The minimum Gasteiger partial charge on any atom is -0.441 e. The fraction of sp³-hybridized carbons (Fsp3) is 0.346. The Morgan fingerprint density at radius 2 is 1.91 bits per heavy atom. The molecule has 3 aromatic rings. The molecule has 8 heteroatoms. The van der Waals surface area contributed by atoms with Gasteiger partial charge in [0.2, 0.25) is 17.7 Å². The molecule has 0 aliphatic carbocycles. The number of nitrogens with one attached hydrogen (secondary N) is 2. The molecule has 4 rings (SSSR count). The predicted octanol–water partition coefficient (Wildman–Crippen LogP) is 4.92. The van der Waals surface area contributed by atoms with Crippen molar-refractivity contribution in [2.75, 3.05) is 18.5 Å². The molecule has 0 spiro atoms. The van der Waals surface area contributed by atoms with Gasteiger partial charge in [0.25, 0.3) is 0 Å². The van der Waals surface area contributed by atoms with Crippen LogP contribution in [-0.4, -0.2) is 30.0 Å². The van der Waals surface area contributed by atoms with Crippen molar-refractivity contribution in [2.24, 2.45) is 5.92 Å². The average Bonchev–Trinajstić information content (AvgIpc) is 3.23. The van der Waals surface area contributed by atoms with Gasteiger partial charge in [-0.15, -0.1) is 0 Å². The minimum atomic E-state index is -0.0818. The number of rotatable bonds is 8. The number of aryl methyl sites for hydroxylation is 2. The third-order valence-electron chi connectivity index (χ3n) is 5.89. The zero-order chi connectivity index (χ0) is 23.9. The van der Waals surface area contributed by atoms with Crippen molar-refractivity contribution < 1.29 is 18.7 Å². The highest BCUT2D eigenvalue weighted by Crippen LogP contribution is 2.25. The number of benzene rings is 2. The molecular formula is C26H28ClN3O4. The van der Waals surface area contributed by atoms with Crippen LogP contribution in [0, 0.1) is 12.8 Å². The maximum atomic E-state index is 12.5. The average molecular weight is 482 g/mol. The smallest absolute Gasteiger partial charge is 0.227 e. The number of ether oxygens (including phenoxy) is 1. The lowest BCUT2D eigenvalue weighted by Gasteiger charge is -2.21. The maximum Gasteiger partial charge on any atom is 0.227 e. The first-order valence-corrected chi connectivity index (χ1v) is 11.8. The third kappa shape index (κ3) is 6.24. The highest BCUT2D eigenvalue weighted by molar-refractivity contribution is 6.31. The highest BCUT2D eigenvalue weighted by atomic mass is 35.5. The van der Waals surface area contributed by atoms with Crippen molar-refractivity contribution in [3.05, 3.63) is 70.6 Å². The summed E-state index contributed by atoms with van der Waals surface area (Å²) in [5.41, 5.74) is 3.06. The fourth-order valence-electron chi connectivity index (χ4n) is 3.87. The van der Waals surface area contributed by atoms with Gasteiger partial charge < -0.3 is 19.8 Å². The van der Waals surface area contributed by atoms with Gasteiger partial charge in [0.05, 0.1) is 6.54 Å². The van der Waals surface area contributed by atoms with E-state index in [4.69, 9.17) is 20.8 Å². The molecule has 2 amide bonds. The van der Waals surface area contributed by atoms with Crippen molar-refractivity contribution in [2.45, 2.75) is 39.2 Å². The van der Waals surface area contributed by atoms with Crippen LogP contribution in [0.3, 0.4) is 0 Å². The summed E-state index contributed by atoms with van der Waals surface area (Å²) in [5, 5.41) is 6.55. The number of anilines is 1. The molecule has 1 fully saturated rings. The van der Waals surface area contributed by atoms with Crippen molar-refractivity contribution in [1.29, 1.82) is 0 Å². The number of oxazole rings is 1. The molecule has 0 unspecified atom stereocenters. The first kappa shape index (κ1) is 24.0. The molecule has 2 aromatic carbocycles. The van der Waals surface area contributed by atoms with Crippen LogP contribution in [0.4, 0.5) is 5.69 Å². The zero-order valence-electron chi connectivity index (χ0n) is 19.1. The Bertz CT molecular complexity index is 1150. The van der Waals surface area contributed by atoms with Gasteiger partial charge in [0, 0.05) is 41.8 Å². The Kier molecular flexibility index (Phi) is 7.98. The number of carbonyl (C=O) groups is 2. The molecule has 0 radical (unpaired) electrons. The van der Waals surface area contributed by atoms with Crippen LogP contribution in [-0.2, 0) is 27.3 Å². The molecule has 1 aliphatic heterocycles. The standard InChI is InChI=1S/C26H28ClN3O4/c1-17-23(16-28-24(31)10-9-18-5-2-3-8-22(18)27)30-26(34-17)20-6-4-7-21(15-20)29-25(32)19-11-13-33-14-12-19/h2-8,15,19H,9-14,16H2,1H3,(H,28,31)(H,29,32). The molecular weight excluding hydrogens is 454 g/mol. The lowest BCUT2D eigenvalue weighted by molar-refractivity contribution is -0.122. The Hall–Kier alpha value is -3.16. The molecule has 1 aromatic heterocycles. The van der Waals surface area contributed by atoms with Crippen LogP contribution in [0.1, 0.15) is 36.3 Å².